The van der Waals surface area contributed by atoms with Crippen LogP contribution >= 0.6 is 0 Å². The molecular weight excluding hydrogens is 136 g/mol. The molecule has 1 heteroatoms. The maximum Gasteiger partial charge on any atom is 0.0574 e. The van der Waals surface area contributed by atoms with Crippen LogP contribution in [0.1, 0.15) is 33.6 Å². The number of hydrogen-bond acceptors (Lipinski definition) is 1. The fourth-order valence-corrected chi connectivity index (χ4v) is 3.04. The molecule has 0 amide bonds. The van der Waals surface area contributed by atoms with E-state index in [-0.39, 0.29) is 6.10 Å². The van der Waals surface area contributed by atoms with Crippen molar-refractivity contribution >= 4 is 0 Å². The molecule has 2 fully saturated rings. The Balaban J connectivity index is 2.13. The van der Waals surface area contributed by atoms with Crippen LogP contribution in [0.2, 0.25) is 0 Å². The van der Waals surface area contributed by atoms with Gasteiger partial charge in [0.25, 0.3) is 0 Å². The first-order valence-corrected chi connectivity index (χ1v) is 4.76. The minimum atomic E-state index is -0.00356. The first-order chi connectivity index (χ1) is 5.08. The van der Waals surface area contributed by atoms with Crippen molar-refractivity contribution < 1.29 is 5.11 Å². The molecule has 0 aliphatic heterocycles. The molecule has 0 bridgehead atoms. The van der Waals surface area contributed by atoms with Crippen LogP contribution in [0.3, 0.4) is 0 Å². The van der Waals surface area contributed by atoms with Gasteiger partial charge in [-0.2, -0.15) is 0 Å². The Morgan fingerprint density at radius 3 is 2.27 bits per heavy atom. The molecule has 0 aromatic carbocycles. The van der Waals surface area contributed by atoms with E-state index in [4.69, 9.17) is 0 Å². The standard InChI is InChI=1S/C10H18O/c1-6(2)10-4-8(10)7(3)9(11)5-10/h6-9,11H,4-5H2,1-3H3/t7-,8?,9+,10+/m0/s1. The van der Waals surface area contributed by atoms with Gasteiger partial charge in [0.2, 0.25) is 0 Å². The highest BCUT2D eigenvalue weighted by Gasteiger charge is 2.64. The van der Waals surface area contributed by atoms with Crippen LogP contribution in [0.25, 0.3) is 0 Å². The smallest absolute Gasteiger partial charge is 0.0574 e. The molecule has 0 aromatic rings. The summed E-state index contributed by atoms with van der Waals surface area (Å²) in [4.78, 5) is 0. The number of hydrogen-bond donors (Lipinski definition) is 1. The summed E-state index contributed by atoms with van der Waals surface area (Å²) in [7, 11) is 0. The minimum absolute atomic E-state index is 0.00356. The van der Waals surface area contributed by atoms with Crippen LogP contribution in [0, 0.1) is 23.2 Å². The molecule has 0 spiro atoms. The van der Waals surface area contributed by atoms with E-state index in [1.54, 1.807) is 0 Å². The number of aliphatic hydroxyl groups excluding tert-OH is 1. The van der Waals surface area contributed by atoms with Gasteiger partial charge in [0.05, 0.1) is 6.10 Å². The number of rotatable bonds is 1. The van der Waals surface area contributed by atoms with Gasteiger partial charge in [-0.25, -0.2) is 0 Å². The SMILES string of the molecule is CC(C)[C@]12CC1[C@H](C)[C@H](O)C2. The number of aliphatic hydroxyl groups is 1. The Kier molecular flexibility index (Phi) is 1.39. The van der Waals surface area contributed by atoms with Gasteiger partial charge in [0.15, 0.2) is 0 Å². The molecule has 1 unspecified atom stereocenters. The van der Waals surface area contributed by atoms with Crippen molar-refractivity contribution in [3.8, 4) is 0 Å². The Hall–Kier alpha value is -0.0400. The van der Waals surface area contributed by atoms with E-state index in [9.17, 15) is 5.11 Å². The van der Waals surface area contributed by atoms with E-state index in [0.29, 0.717) is 11.3 Å². The van der Waals surface area contributed by atoms with Crippen molar-refractivity contribution in [3.63, 3.8) is 0 Å². The zero-order valence-electron chi connectivity index (χ0n) is 7.67. The predicted molar refractivity (Wildman–Crippen MR) is 45.2 cm³/mol. The Bertz CT molecular complexity index is 176. The Morgan fingerprint density at radius 1 is 1.36 bits per heavy atom. The monoisotopic (exact) mass is 154 g/mol. The Labute approximate surface area is 68.8 Å². The van der Waals surface area contributed by atoms with Gasteiger partial charge in [-0.3, -0.25) is 0 Å². The number of fused-ring (bicyclic) bond motifs is 1. The molecule has 0 saturated heterocycles. The summed E-state index contributed by atoms with van der Waals surface area (Å²) in [6.45, 7) is 6.79. The second-order valence-electron chi connectivity index (χ2n) is 4.83. The van der Waals surface area contributed by atoms with E-state index in [0.717, 1.165) is 18.3 Å². The summed E-state index contributed by atoms with van der Waals surface area (Å²) in [5, 5.41) is 9.61. The first-order valence-electron chi connectivity index (χ1n) is 4.76. The second kappa shape index (κ2) is 2.01. The summed E-state index contributed by atoms with van der Waals surface area (Å²) in [5.41, 5.74) is 0.554. The van der Waals surface area contributed by atoms with Crippen molar-refractivity contribution in [2.24, 2.45) is 23.2 Å². The third kappa shape index (κ3) is 0.807. The predicted octanol–water partition coefficient (Wildman–Crippen LogP) is 2.05. The lowest BCUT2D eigenvalue weighted by atomic mass is 9.89. The average Bonchev–Trinajstić information content (AvgIpc) is 2.57. The van der Waals surface area contributed by atoms with Gasteiger partial charge < -0.3 is 5.11 Å². The molecule has 64 valence electrons. The fourth-order valence-electron chi connectivity index (χ4n) is 3.04. The van der Waals surface area contributed by atoms with Crippen molar-refractivity contribution in [2.45, 2.75) is 39.7 Å². The van der Waals surface area contributed by atoms with Gasteiger partial charge in [-0.15, -0.1) is 0 Å². The lowest BCUT2D eigenvalue weighted by Gasteiger charge is -2.17. The Morgan fingerprint density at radius 2 is 2.00 bits per heavy atom. The van der Waals surface area contributed by atoms with Crippen LogP contribution in [0.4, 0.5) is 0 Å². The molecule has 1 nitrogen and oxygen atoms in total. The highest BCUT2D eigenvalue weighted by molar-refractivity contribution is 5.13. The molecule has 2 rings (SSSR count). The molecule has 1 N–H and O–H groups in total. The molecule has 0 radical (unpaired) electrons. The zero-order chi connectivity index (χ0) is 8.22. The van der Waals surface area contributed by atoms with E-state index < -0.39 is 0 Å². The third-order valence-electron chi connectivity index (χ3n) is 4.16. The van der Waals surface area contributed by atoms with E-state index in [2.05, 4.69) is 20.8 Å². The van der Waals surface area contributed by atoms with E-state index in [1.807, 2.05) is 0 Å². The molecule has 11 heavy (non-hydrogen) atoms. The highest BCUT2D eigenvalue weighted by Crippen LogP contribution is 2.69. The van der Waals surface area contributed by atoms with Crippen LogP contribution in [-0.2, 0) is 0 Å². The second-order valence-corrected chi connectivity index (χ2v) is 4.83. The van der Waals surface area contributed by atoms with Gasteiger partial charge in [-0.1, -0.05) is 20.8 Å². The summed E-state index contributed by atoms with van der Waals surface area (Å²) >= 11 is 0. The normalized spacial score (nSPS) is 54.8. The van der Waals surface area contributed by atoms with Gasteiger partial charge in [0.1, 0.15) is 0 Å². The summed E-state index contributed by atoms with van der Waals surface area (Å²) in [6.07, 6.45) is 2.44. The molecular formula is C10H18O. The van der Waals surface area contributed by atoms with Crippen LogP contribution in [0.5, 0.6) is 0 Å². The lowest BCUT2D eigenvalue weighted by Crippen LogP contribution is -2.15. The summed E-state index contributed by atoms with van der Waals surface area (Å²) in [6, 6.07) is 0. The van der Waals surface area contributed by atoms with Crippen molar-refractivity contribution in [3.05, 3.63) is 0 Å². The first kappa shape index (κ1) is 7.60. The van der Waals surface area contributed by atoms with Crippen LogP contribution < -0.4 is 0 Å². The molecule has 0 heterocycles. The van der Waals surface area contributed by atoms with Crippen LogP contribution in [-0.4, -0.2) is 11.2 Å². The average molecular weight is 154 g/mol. The van der Waals surface area contributed by atoms with Crippen LogP contribution in [0.15, 0.2) is 0 Å². The zero-order valence-corrected chi connectivity index (χ0v) is 7.67. The maximum atomic E-state index is 9.61. The molecule has 4 atom stereocenters. The quantitative estimate of drug-likeness (QED) is 0.613. The van der Waals surface area contributed by atoms with Gasteiger partial charge in [-0.05, 0) is 36.0 Å². The summed E-state index contributed by atoms with van der Waals surface area (Å²) < 4.78 is 0. The van der Waals surface area contributed by atoms with Crippen molar-refractivity contribution in [1.29, 1.82) is 0 Å². The molecule has 2 saturated carbocycles. The highest BCUT2D eigenvalue weighted by atomic mass is 16.3. The van der Waals surface area contributed by atoms with Crippen molar-refractivity contribution in [1.82, 2.24) is 0 Å². The van der Waals surface area contributed by atoms with E-state index >= 15 is 0 Å². The summed E-state index contributed by atoms with van der Waals surface area (Å²) in [5.74, 6) is 2.18. The third-order valence-corrected chi connectivity index (χ3v) is 4.16. The molecule has 0 aromatic heterocycles. The maximum absolute atomic E-state index is 9.61. The fraction of sp³-hybridized carbons (Fsp3) is 1.00. The van der Waals surface area contributed by atoms with Crippen molar-refractivity contribution in [2.75, 3.05) is 0 Å². The van der Waals surface area contributed by atoms with E-state index in [1.165, 1.54) is 6.42 Å². The lowest BCUT2D eigenvalue weighted by molar-refractivity contribution is 0.113. The topological polar surface area (TPSA) is 20.2 Å². The van der Waals surface area contributed by atoms with Gasteiger partial charge >= 0.3 is 0 Å². The largest absolute Gasteiger partial charge is 0.393 e. The minimum Gasteiger partial charge on any atom is -0.393 e. The van der Waals surface area contributed by atoms with Gasteiger partial charge in [0, 0.05) is 0 Å². The molecule has 2 aliphatic carbocycles. The molecule has 2 aliphatic rings.